The molecule has 0 aromatic carbocycles. The largest absolute Gasteiger partial charge is 0.465 e. The molecule has 2 aliphatic rings. The smallest absolute Gasteiger partial charge is 0.339 e. The van der Waals surface area contributed by atoms with Crippen LogP contribution < -0.4 is 0 Å². The highest BCUT2D eigenvalue weighted by molar-refractivity contribution is 6.80. The van der Waals surface area contributed by atoms with Crippen molar-refractivity contribution in [3.63, 3.8) is 0 Å². The molecule has 2 rings (SSSR count). The fourth-order valence-corrected chi connectivity index (χ4v) is 5.88. The fraction of sp³-hybridized carbons (Fsp3) is 0.733. The molecule has 1 saturated heterocycles. The summed E-state index contributed by atoms with van der Waals surface area (Å²) < 4.78 is 16.7. The lowest BCUT2D eigenvalue weighted by Gasteiger charge is -2.46. The summed E-state index contributed by atoms with van der Waals surface area (Å²) in [5.41, 5.74) is 0.0529. The van der Waals surface area contributed by atoms with Gasteiger partial charge in [0.15, 0.2) is 0 Å². The number of carbonyl (C=O) groups is 2. The lowest BCUT2D eigenvalue weighted by molar-refractivity contribution is -0.145. The van der Waals surface area contributed by atoms with Crippen molar-refractivity contribution in [2.75, 3.05) is 7.11 Å². The van der Waals surface area contributed by atoms with E-state index in [0.29, 0.717) is 17.8 Å². The summed E-state index contributed by atoms with van der Waals surface area (Å²) in [5, 5.41) is -0.641. The third-order valence-corrected chi connectivity index (χ3v) is 7.54. The van der Waals surface area contributed by atoms with Crippen LogP contribution in [0.15, 0.2) is 11.3 Å². The fourth-order valence-electron chi connectivity index (χ4n) is 3.46. The van der Waals surface area contributed by atoms with Crippen LogP contribution in [0.1, 0.15) is 33.1 Å². The van der Waals surface area contributed by atoms with Crippen molar-refractivity contribution < 1.29 is 23.8 Å². The van der Waals surface area contributed by atoms with E-state index in [4.69, 9.17) is 14.2 Å². The van der Waals surface area contributed by atoms with E-state index in [0.717, 1.165) is 12.8 Å². The lowest BCUT2D eigenvalue weighted by Crippen LogP contribution is -2.58. The molecule has 0 aromatic rings. The molecule has 0 aliphatic carbocycles. The Morgan fingerprint density at radius 2 is 1.86 bits per heavy atom. The maximum Gasteiger partial charge on any atom is 0.339 e. The van der Waals surface area contributed by atoms with Gasteiger partial charge < -0.3 is 14.2 Å². The summed E-state index contributed by atoms with van der Waals surface area (Å²) in [5.74, 6) is -0.428. The van der Waals surface area contributed by atoms with E-state index in [1.807, 2.05) is 6.92 Å². The molecule has 21 heavy (non-hydrogen) atoms. The number of esters is 2. The zero-order valence-electron chi connectivity index (χ0n) is 13.7. The van der Waals surface area contributed by atoms with Gasteiger partial charge >= 0.3 is 11.9 Å². The van der Waals surface area contributed by atoms with Crippen molar-refractivity contribution in [1.29, 1.82) is 0 Å². The minimum absolute atomic E-state index is 0.372. The first-order valence-electron chi connectivity index (χ1n) is 7.25. The van der Waals surface area contributed by atoms with Crippen LogP contribution in [0.3, 0.4) is 0 Å². The molecule has 0 aromatic heterocycles. The van der Waals surface area contributed by atoms with Gasteiger partial charge in [-0.05, 0) is 19.8 Å². The summed E-state index contributed by atoms with van der Waals surface area (Å²) >= 11 is 0. The van der Waals surface area contributed by atoms with Crippen LogP contribution in [0, 0.1) is 0 Å². The molecule has 6 heteroatoms. The highest BCUT2D eigenvalue weighted by Gasteiger charge is 2.62. The molecule has 0 saturated carbocycles. The van der Waals surface area contributed by atoms with Crippen molar-refractivity contribution in [2.45, 2.75) is 63.6 Å². The number of hydrogen-bond acceptors (Lipinski definition) is 5. The van der Waals surface area contributed by atoms with E-state index in [2.05, 4.69) is 19.6 Å². The van der Waals surface area contributed by atoms with Gasteiger partial charge in [0.1, 0.15) is 11.3 Å². The Kier molecular flexibility index (Phi) is 3.83. The molecule has 5 nitrogen and oxygen atoms in total. The number of carbonyl (C=O) groups excluding carboxylic acids is 2. The van der Waals surface area contributed by atoms with Gasteiger partial charge in [0.2, 0.25) is 0 Å². The third kappa shape index (κ3) is 2.55. The maximum absolute atomic E-state index is 12.4. The second-order valence-electron chi connectivity index (χ2n) is 7.19. The summed E-state index contributed by atoms with van der Waals surface area (Å²) in [6.07, 6.45) is 2.06. The van der Waals surface area contributed by atoms with Crippen molar-refractivity contribution in [3.05, 3.63) is 11.3 Å². The molecule has 2 unspecified atom stereocenters. The van der Waals surface area contributed by atoms with E-state index < -0.39 is 25.2 Å². The molecule has 2 bridgehead atoms. The standard InChI is InChI=1S/C15H24O5Si/c1-10(16)19-11-9-14(2)7-8-15(20-14,21(4,5)6)12(11)13(17)18-3/h7-9H2,1-6H3. The van der Waals surface area contributed by atoms with Gasteiger partial charge in [-0.1, -0.05) is 19.6 Å². The summed E-state index contributed by atoms with van der Waals surface area (Å²) in [7, 11) is -0.571. The Hall–Kier alpha value is -1.14. The molecule has 1 fully saturated rings. The zero-order valence-corrected chi connectivity index (χ0v) is 14.7. The zero-order chi connectivity index (χ0) is 16.1. The normalized spacial score (nSPS) is 32.1. The Morgan fingerprint density at radius 3 is 2.33 bits per heavy atom. The molecule has 2 aliphatic heterocycles. The SMILES string of the molecule is COC(=O)C1=C(OC(C)=O)CC2(C)CCC1([Si](C)(C)C)O2. The molecule has 0 radical (unpaired) electrons. The molecular formula is C15H24O5Si. The quantitative estimate of drug-likeness (QED) is 0.592. The third-order valence-electron chi connectivity index (χ3n) is 4.51. The topological polar surface area (TPSA) is 61.8 Å². The van der Waals surface area contributed by atoms with Crippen LogP contribution in [0.5, 0.6) is 0 Å². The van der Waals surface area contributed by atoms with Crippen LogP contribution in [0.4, 0.5) is 0 Å². The van der Waals surface area contributed by atoms with Crippen molar-refractivity contribution >= 4 is 20.0 Å². The van der Waals surface area contributed by atoms with Crippen LogP contribution >= 0.6 is 0 Å². The van der Waals surface area contributed by atoms with Gasteiger partial charge in [-0.3, -0.25) is 4.79 Å². The second kappa shape index (κ2) is 4.95. The molecular weight excluding hydrogens is 288 g/mol. The molecule has 118 valence electrons. The highest BCUT2D eigenvalue weighted by atomic mass is 28.3. The average Bonchev–Trinajstić information content (AvgIpc) is 2.61. The highest BCUT2D eigenvalue weighted by Crippen LogP contribution is 2.54. The first kappa shape index (κ1) is 16.2. The van der Waals surface area contributed by atoms with Gasteiger partial charge in [-0.25, -0.2) is 4.79 Å². The molecule has 0 amide bonds. The van der Waals surface area contributed by atoms with Gasteiger partial charge in [-0.2, -0.15) is 0 Å². The summed E-state index contributed by atoms with van der Waals surface area (Å²) in [6.45, 7) is 9.87. The Bertz CT molecular complexity index is 519. The van der Waals surface area contributed by atoms with Crippen molar-refractivity contribution in [2.24, 2.45) is 0 Å². The van der Waals surface area contributed by atoms with Crippen LogP contribution in [0.25, 0.3) is 0 Å². The number of methoxy groups -OCH3 is 1. The first-order valence-corrected chi connectivity index (χ1v) is 10.8. The number of hydrogen-bond donors (Lipinski definition) is 0. The Labute approximate surface area is 126 Å². The number of fused-ring (bicyclic) bond motifs is 2. The monoisotopic (exact) mass is 312 g/mol. The van der Waals surface area contributed by atoms with Gasteiger partial charge in [-0.15, -0.1) is 0 Å². The summed E-state index contributed by atoms with van der Waals surface area (Å²) in [4.78, 5) is 23.8. The van der Waals surface area contributed by atoms with E-state index in [1.54, 1.807) is 0 Å². The predicted octanol–water partition coefficient (Wildman–Crippen LogP) is 2.57. The first-order chi connectivity index (χ1) is 9.55. The predicted molar refractivity (Wildman–Crippen MR) is 80.2 cm³/mol. The lowest BCUT2D eigenvalue weighted by atomic mass is 9.97. The van der Waals surface area contributed by atoms with Crippen molar-refractivity contribution in [3.8, 4) is 0 Å². The maximum atomic E-state index is 12.4. The molecule has 0 N–H and O–H groups in total. The van der Waals surface area contributed by atoms with Crippen LogP contribution in [-0.4, -0.2) is 37.9 Å². The number of ether oxygens (including phenoxy) is 3. The van der Waals surface area contributed by atoms with Gasteiger partial charge in [0.25, 0.3) is 0 Å². The Morgan fingerprint density at radius 1 is 1.24 bits per heavy atom. The van der Waals surface area contributed by atoms with Crippen LogP contribution in [-0.2, 0) is 23.8 Å². The molecule has 0 spiro atoms. The van der Waals surface area contributed by atoms with E-state index >= 15 is 0 Å². The Balaban J connectivity index is 2.65. The minimum Gasteiger partial charge on any atom is -0.465 e. The van der Waals surface area contributed by atoms with Crippen LogP contribution in [0.2, 0.25) is 19.6 Å². The summed E-state index contributed by atoms with van der Waals surface area (Å²) in [6, 6.07) is 0. The van der Waals surface area contributed by atoms with Gasteiger partial charge in [0, 0.05) is 13.3 Å². The van der Waals surface area contributed by atoms with E-state index in [-0.39, 0.29) is 5.60 Å². The second-order valence-corrected chi connectivity index (χ2v) is 12.5. The number of rotatable bonds is 3. The van der Waals surface area contributed by atoms with E-state index in [1.165, 1.54) is 14.0 Å². The van der Waals surface area contributed by atoms with E-state index in [9.17, 15) is 9.59 Å². The van der Waals surface area contributed by atoms with Crippen molar-refractivity contribution in [1.82, 2.24) is 0 Å². The average molecular weight is 312 g/mol. The molecule has 2 atom stereocenters. The molecule has 2 heterocycles. The van der Waals surface area contributed by atoms with Gasteiger partial charge in [0.05, 0.1) is 26.0 Å². The minimum atomic E-state index is -1.92.